The maximum Gasteiger partial charge on any atom is 0.227 e. The normalized spacial score (nSPS) is 10.2. The molecule has 6 heteroatoms. The fourth-order valence-corrected chi connectivity index (χ4v) is 2.02. The van der Waals surface area contributed by atoms with Crippen LogP contribution in [0.25, 0.3) is 0 Å². The Morgan fingerprint density at radius 1 is 1.39 bits per heavy atom. The van der Waals surface area contributed by atoms with E-state index in [0.717, 1.165) is 10.0 Å². The van der Waals surface area contributed by atoms with Gasteiger partial charge in [0, 0.05) is 23.3 Å². The van der Waals surface area contributed by atoms with Crippen molar-refractivity contribution < 1.29 is 4.74 Å². The van der Waals surface area contributed by atoms with Crippen molar-refractivity contribution in [3.05, 3.63) is 39.5 Å². The van der Waals surface area contributed by atoms with Crippen molar-refractivity contribution in [2.75, 3.05) is 12.4 Å². The third-order valence-corrected chi connectivity index (χ3v) is 3.04. The van der Waals surface area contributed by atoms with Gasteiger partial charge < -0.3 is 10.1 Å². The van der Waals surface area contributed by atoms with Gasteiger partial charge in [-0.1, -0.05) is 27.5 Å². The summed E-state index contributed by atoms with van der Waals surface area (Å²) in [6.07, 6.45) is 1.70. The molecule has 0 aliphatic heterocycles. The topological polar surface area (TPSA) is 47.0 Å². The highest BCUT2D eigenvalue weighted by Crippen LogP contribution is 2.32. The smallest absolute Gasteiger partial charge is 0.227 e. The first-order chi connectivity index (χ1) is 8.60. The molecule has 1 N–H and O–H groups in total. The first kappa shape index (κ1) is 13.1. The van der Waals surface area contributed by atoms with Gasteiger partial charge >= 0.3 is 0 Å². The molecular weight excluding hydrogens is 318 g/mol. The second kappa shape index (κ2) is 5.54. The molecule has 0 saturated carbocycles. The van der Waals surface area contributed by atoms with E-state index < -0.39 is 0 Å². The molecular formula is C12H11BrClN3O. The van der Waals surface area contributed by atoms with E-state index in [0.29, 0.717) is 22.6 Å². The zero-order valence-corrected chi connectivity index (χ0v) is 12.2. The second-order valence-electron chi connectivity index (χ2n) is 3.61. The summed E-state index contributed by atoms with van der Waals surface area (Å²) in [6.45, 7) is 1.88. The van der Waals surface area contributed by atoms with Crippen molar-refractivity contribution in [3.63, 3.8) is 0 Å². The summed E-state index contributed by atoms with van der Waals surface area (Å²) < 4.78 is 6.59. The van der Waals surface area contributed by atoms with Crippen LogP contribution in [0.5, 0.6) is 11.6 Å². The highest BCUT2D eigenvalue weighted by Gasteiger charge is 2.08. The largest absolute Gasteiger partial charge is 0.437 e. The van der Waals surface area contributed by atoms with E-state index in [-0.39, 0.29) is 0 Å². The van der Waals surface area contributed by atoms with Gasteiger partial charge in [0.1, 0.15) is 5.75 Å². The van der Waals surface area contributed by atoms with Crippen LogP contribution in [-0.4, -0.2) is 17.0 Å². The number of benzene rings is 1. The van der Waals surface area contributed by atoms with Crippen LogP contribution in [0.1, 0.15) is 5.56 Å². The molecule has 0 aliphatic carbocycles. The maximum absolute atomic E-state index is 6.09. The number of aryl methyl sites for hydroxylation is 1. The van der Waals surface area contributed by atoms with E-state index in [4.69, 9.17) is 16.3 Å². The number of hydrogen-bond donors (Lipinski definition) is 1. The van der Waals surface area contributed by atoms with E-state index in [9.17, 15) is 0 Å². The standard InChI is InChI=1S/C12H11BrClN3O/c1-7-6-16-12(15-2)17-11(7)18-10-4-3-8(13)5-9(10)14/h3-6H,1-2H3,(H,15,16,17). The predicted molar refractivity (Wildman–Crippen MR) is 75.5 cm³/mol. The number of nitrogens with zero attached hydrogens (tertiary/aromatic N) is 2. The van der Waals surface area contributed by atoms with E-state index in [2.05, 4.69) is 31.2 Å². The van der Waals surface area contributed by atoms with Crippen LogP contribution in [0.3, 0.4) is 0 Å². The van der Waals surface area contributed by atoms with Crippen LogP contribution in [-0.2, 0) is 0 Å². The molecule has 1 heterocycles. The third-order valence-electron chi connectivity index (χ3n) is 2.25. The summed E-state index contributed by atoms with van der Waals surface area (Å²) >= 11 is 9.43. The summed E-state index contributed by atoms with van der Waals surface area (Å²) in [5.74, 6) is 1.55. The Kier molecular flexibility index (Phi) is 4.04. The molecule has 0 aliphatic rings. The Balaban J connectivity index is 2.33. The van der Waals surface area contributed by atoms with E-state index in [1.54, 1.807) is 25.4 Å². The quantitative estimate of drug-likeness (QED) is 0.924. The van der Waals surface area contributed by atoms with Crippen molar-refractivity contribution >= 4 is 33.5 Å². The molecule has 0 atom stereocenters. The molecule has 0 fully saturated rings. The van der Waals surface area contributed by atoms with Crippen molar-refractivity contribution in [2.45, 2.75) is 6.92 Å². The van der Waals surface area contributed by atoms with E-state index in [1.165, 1.54) is 0 Å². The van der Waals surface area contributed by atoms with Crippen LogP contribution >= 0.6 is 27.5 Å². The molecule has 0 unspecified atom stereocenters. The molecule has 0 saturated heterocycles. The van der Waals surface area contributed by atoms with Gasteiger partial charge in [0.2, 0.25) is 11.8 Å². The lowest BCUT2D eigenvalue weighted by molar-refractivity contribution is 0.458. The van der Waals surface area contributed by atoms with Crippen molar-refractivity contribution in [1.29, 1.82) is 0 Å². The minimum absolute atomic E-state index is 0.485. The minimum Gasteiger partial charge on any atom is -0.437 e. The summed E-state index contributed by atoms with van der Waals surface area (Å²) in [6, 6.07) is 5.41. The van der Waals surface area contributed by atoms with Gasteiger partial charge in [0.25, 0.3) is 0 Å². The molecule has 0 amide bonds. The fourth-order valence-electron chi connectivity index (χ4n) is 1.31. The molecule has 4 nitrogen and oxygen atoms in total. The lowest BCUT2D eigenvalue weighted by Gasteiger charge is -2.10. The molecule has 2 rings (SSSR count). The van der Waals surface area contributed by atoms with Crippen molar-refractivity contribution in [2.24, 2.45) is 0 Å². The number of nitrogens with one attached hydrogen (secondary N) is 1. The van der Waals surface area contributed by atoms with Crippen LogP contribution < -0.4 is 10.1 Å². The predicted octanol–water partition coefficient (Wildman–Crippen LogP) is 4.03. The van der Waals surface area contributed by atoms with Gasteiger partial charge in [-0.3, -0.25) is 0 Å². The lowest BCUT2D eigenvalue weighted by Crippen LogP contribution is -1.99. The van der Waals surface area contributed by atoms with E-state index >= 15 is 0 Å². The average molecular weight is 329 g/mol. The Labute approximate surface area is 118 Å². The first-order valence-electron chi connectivity index (χ1n) is 5.24. The highest BCUT2D eigenvalue weighted by molar-refractivity contribution is 9.10. The second-order valence-corrected chi connectivity index (χ2v) is 4.93. The summed E-state index contributed by atoms with van der Waals surface area (Å²) in [4.78, 5) is 8.33. The number of ether oxygens (including phenoxy) is 1. The van der Waals surface area contributed by atoms with Crippen LogP contribution in [0.4, 0.5) is 5.95 Å². The van der Waals surface area contributed by atoms with Gasteiger partial charge in [-0.05, 0) is 25.1 Å². The van der Waals surface area contributed by atoms with Crippen LogP contribution in [0, 0.1) is 6.92 Å². The van der Waals surface area contributed by atoms with Gasteiger partial charge in [0.15, 0.2) is 0 Å². The van der Waals surface area contributed by atoms with Gasteiger partial charge in [-0.2, -0.15) is 4.98 Å². The molecule has 2 aromatic rings. The zero-order chi connectivity index (χ0) is 13.1. The number of hydrogen-bond acceptors (Lipinski definition) is 4. The van der Waals surface area contributed by atoms with Crippen molar-refractivity contribution in [1.82, 2.24) is 9.97 Å². The lowest BCUT2D eigenvalue weighted by atomic mass is 10.3. The molecule has 0 bridgehead atoms. The fraction of sp³-hybridized carbons (Fsp3) is 0.167. The van der Waals surface area contributed by atoms with Crippen LogP contribution in [0.2, 0.25) is 5.02 Å². The number of aromatic nitrogens is 2. The minimum atomic E-state index is 0.485. The summed E-state index contributed by atoms with van der Waals surface area (Å²) in [7, 11) is 1.75. The molecule has 94 valence electrons. The number of halogens is 2. The number of rotatable bonds is 3. The Morgan fingerprint density at radius 2 is 2.17 bits per heavy atom. The SMILES string of the molecule is CNc1ncc(C)c(Oc2ccc(Br)cc2Cl)n1. The van der Waals surface area contributed by atoms with Gasteiger partial charge in [0.05, 0.1) is 5.02 Å². The Bertz CT molecular complexity index is 577. The third kappa shape index (κ3) is 2.91. The monoisotopic (exact) mass is 327 g/mol. The number of anilines is 1. The molecule has 18 heavy (non-hydrogen) atoms. The van der Waals surface area contributed by atoms with Crippen LogP contribution in [0.15, 0.2) is 28.9 Å². The molecule has 1 aromatic carbocycles. The van der Waals surface area contributed by atoms with Crippen molar-refractivity contribution in [3.8, 4) is 11.6 Å². The Morgan fingerprint density at radius 3 is 2.83 bits per heavy atom. The average Bonchev–Trinajstić information content (AvgIpc) is 2.35. The maximum atomic E-state index is 6.09. The molecule has 0 spiro atoms. The summed E-state index contributed by atoms with van der Waals surface area (Å²) in [5, 5.41) is 3.38. The molecule has 1 aromatic heterocycles. The Hall–Kier alpha value is -1.33. The van der Waals surface area contributed by atoms with E-state index in [1.807, 2.05) is 13.0 Å². The van der Waals surface area contributed by atoms with Gasteiger partial charge in [-0.25, -0.2) is 4.98 Å². The van der Waals surface area contributed by atoms with Gasteiger partial charge in [-0.15, -0.1) is 0 Å². The highest BCUT2D eigenvalue weighted by atomic mass is 79.9. The molecule has 0 radical (unpaired) electrons. The summed E-state index contributed by atoms with van der Waals surface area (Å²) in [5.41, 5.74) is 0.841. The zero-order valence-electron chi connectivity index (χ0n) is 9.87. The first-order valence-corrected chi connectivity index (χ1v) is 6.41.